The molecule has 1 rings (SSSR count). The first kappa shape index (κ1) is 11.4. The molecule has 1 aromatic rings. The molecule has 0 fully saturated rings. The predicted molar refractivity (Wildman–Crippen MR) is 59.5 cm³/mol. The second-order valence-corrected chi connectivity index (χ2v) is 4.15. The number of hydrogen-bond acceptors (Lipinski definition) is 3. The fourth-order valence-electron chi connectivity index (χ4n) is 1.08. The molecule has 3 heteroatoms. The lowest BCUT2D eigenvalue weighted by atomic mass is 10.1. The Hall–Kier alpha value is -1.64. The molecular formula is C12H15NO2. The minimum atomic E-state index is -0.507. The fraction of sp³-hybridized carbons (Fsp3) is 0.333. The molecule has 0 saturated carbocycles. The third-order valence-electron chi connectivity index (χ3n) is 1.65. The second kappa shape index (κ2) is 4.26. The third-order valence-corrected chi connectivity index (χ3v) is 1.65. The molecule has 0 saturated heterocycles. The van der Waals surface area contributed by atoms with Crippen LogP contribution in [0, 0.1) is 0 Å². The lowest BCUT2D eigenvalue weighted by molar-refractivity contribution is 0.00626. The molecule has 0 aliphatic carbocycles. The molecular weight excluding hydrogens is 190 g/mol. The van der Waals surface area contributed by atoms with E-state index in [4.69, 9.17) is 4.74 Å². The number of aromatic nitrogens is 1. The third kappa shape index (κ3) is 3.20. The monoisotopic (exact) mass is 205 g/mol. The summed E-state index contributed by atoms with van der Waals surface area (Å²) in [4.78, 5) is 15.7. The first-order valence-corrected chi connectivity index (χ1v) is 4.75. The summed E-state index contributed by atoms with van der Waals surface area (Å²) in [7, 11) is 0. The zero-order chi connectivity index (χ0) is 11.5. The van der Waals surface area contributed by atoms with Gasteiger partial charge in [-0.1, -0.05) is 18.7 Å². The van der Waals surface area contributed by atoms with E-state index < -0.39 is 11.6 Å². The fourth-order valence-corrected chi connectivity index (χ4v) is 1.08. The van der Waals surface area contributed by atoms with Gasteiger partial charge in [0.1, 0.15) is 5.60 Å². The number of nitrogens with zero attached hydrogens (tertiary/aromatic N) is 1. The quantitative estimate of drug-likeness (QED) is 0.697. The van der Waals surface area contributed by atoms with Gasteiger partial charge in [0.05, 0.1) is 0 Å². The van der Waals surface area contributed by atoms with Crippen molar-refractivity contribution in [1.29, 1.82) is 0 Å². The average molecular weight is 205 g/mol. The van der Waals surface area contributed by atoms with Crippen molar-refractivity contribution >= 4 is 12.0 Å². The van der Waals surface area contributed by atoms with E-state index in [0.717, 1.165) is 0 Å². The van der Waals surface area contributed by atoms with Gasteiger partial charge >= 0.3 is 5.97 Å². The van der Waals surface area contributed by atoms with Crippen LogP contribution < -0.4 is 0 Å². The molecule has 3 nitrogen and oxygen atoms in total. The molecule has 0 aromatic carbocycles. The van der Waals surface area contributed by atoms with Crippen LogP contribution in [0.5, 0.6) is 0 Å². The van der Waals surface area contributed by atoms with Crippen LogP contribution in [0.4, 0.5) is 0 Å². The molecule has 0 amide bonds. The highest BCUT2D eigenvalue weighted by Gasteiger charge is 2.20. The summed E-state index contributed by atoms with van der Waals surface area (Å²) in [6, 6.07) is 3.53. The van der Waals surface area contributed by atoms with Gasteiger partial charge in [-0.25, -0.2) is 9.78 Å². The summed E-state index contributed by atoms with van der Waals surface area (Å²) < 4.78 is 5.22. The Bertz CT molecular complexity index is 377. The Morgan fingerprint density at radius 2 is 2.20 bits per heavy atom. The molecule has 80 valence electrons. The zero-order valence-electron chi connectivity index (χ0n) is 9.28. The van der Waals surface area contributed by atoms with E-state index in [2.05, 4.69) is 11.6 Å². The molecule has 0 spiro atoms. The highest BCUT2D eigenvalue weighted by molar-refractivity contribution is 5.91. The molecule has 1 aromatic heterocycles. The van der Waals surface area contributed by atoms with E-state index in [0.29, 0.717) is 11.3 Å². The van der Waals surface area contributed by atoms with Crippen LogP contribution in [-0.2, 0) is 4.74 Å². The standard InChI is InChI=1S/C12H15NO2/c1-5-9-7-6-8-13-10(9)11(14)15-12(2,3)4/h5-8H,1H2,2-4H3. The van der Waals surface area contributed by atoms with Gasteiger partial charge in [0.15, 0.2) is 5.69 Å². The van der Waals surface area contributed by atoms with Crippen LogP contribution in [0.2, 0.25) is 0 Å². The van der Waals surface area contributed by atoms with Gasteiger partial charge in [0.2, 0.25) is 0 Å². The average Bonchev–Trinajstić information content (AvgIpc) is 2.15. The molecule has 0 atom stereocenters. The Morgan fingerprint density at radius 1 is 1.53 bits per heavy atom. The van der Waals surface area contributed by atoms with Gasteiger partial charge in [-0.2, -0.15) is 0 Å². The summed E-state index contributed by atoms with van der Waals surface area (Å²) in [6.45, 7) is 9.09. The molecule has 0 aliphatic heterocycles. The molecule has 0 aliphatic rings. The molecule has 0 N–H and O–H groups in total. The Balaban J connectivity index is 2.96. The molecule has 0 bridgehead atoms. The van der Waals surface area contributed by atoms with Crippen molar-refractivity contribution in [2.75, 3.05) is 0 Å². The Kier molecular flexibility index (Phi) is 3.24. The van der Waals surface area contributed by atoms with Crippen LogP contribution in [0.25, 0.3) is 6.08 Å². The van der Waals surface area contributed by atoms with Gasteiger partial charge in [0, 0.05) is 11.8 Å². The molecule has 0 radical (unpaired) electrons. The number of rotatable bonds is 2. The number of carbonyl (C=O) groups excluding carboxylic acids is 1. The van der Waals surface area contributed by atoms with E-state index in [1.54, 1.807) is 24.4 Å². The van der Waals surface area contributed by atoms with Crippen LogP contribution in [0.1, 0.15) is 36.8 Å². The number of ether oxygens (including phenoxy) is 1. The highest BCUT2D eigenvalue weighted by atomic mass is 16.6. The van der Waals surface area contributed by atoms with Crippen LogP contribution in [0.3, 0.4) is 0 Å². The number of esters is 1. The summed E-state index contributed by atoms with van der Waals surface area (Å²) in [5, 5.41) is 0. The van der Waals surface area contributed by atoms with Crippen LogP contribution in [0.15, 0.2) is 24.9 Å². The van der Waals surface area contributed by atoms with Gasteiger partial charge in [-0.3, -0.25) is 0 Å². The minimum Gasteiger partial charge on any atom is -0.455 e. The maximum Gasteiger partial charge on any atom is 0.358 e. The lowest BCUT2D eigenvalue weighted by Gasteiger charge is -2.19. The highest BCUT2D eigenvalue weighted by Crippen LogP contribution is 2.14. The molecule has 15 heavy (non-hydrogen) atoms. The topological polar surface area (TPSA) is 39.2 Å². The van der Waals surface area contributed by atoms with E-state index in [1.807, 2.05) is 20.8 Å². The zero-order valence-corrected chi connectivity index (χ0v) is 9.28. The van der Waals surface area contributed by atoms with Gasteiger partial charge in [-0.05, 0) is 26.8 Å². The number of pyridine rings is 1. The van der Waals surface area contributed by atoms with Crippen molar-refractivity contribution in [3.63, 3.8) is 0 Å². The summed E-state index contributed by atoms with van der Waals surface area (Å²) in [6.07, 6.45) is 3.15. The largest absolute Gasteiger partial charge is 0.455 e. The summed E-state index contributed by atoms with van der Waals surface area (Å²) in [5.41, 5.74) is 0.488. The summed E-state index contributed by atoms with van der Waals surface area (Å²) >= 11 is 0. The van der Waals surface area contributed by atoms with Crippen molar-refractivity contribution in [1.82, 2.24) is 4.98 Å². The SMILES string of the molecule is C=Cc1cccnc1C(=O)OC(C)(C)C. The van der Waals surface area contributed by atoms with Crippen molar-refractivity contribution in [3.05, 3.63) is 36.2 Å². The lowest BCUT2D eigenvalue weighted by Crippen LogP contribution is -2.24. The van der Waals surface area contributed by atoms with E-state index in [-0.39, 0.29) is 0 Å². The first-order valence-electron chi connectivity index (χ1n) is 4.75. The Morgan fingerprint density at radius 3 is 2.73 bits per heavy atom. The van der Waals surface area contributed by atoms with Gasteiger partial charge in [-0.15, -0.1) is 0 Å². The van der Waals surface area contributed by atoms with Crippen LogP contribution in [-0.4, -0.2) is 16.6 Å². The van der Waals surface area contributed by atoms with Crippen molar-refractivity contribution in [2.24, 2.45) is 0 Å². The molecule has 1 heterocycles. The number of hydrogen-bond donors (Lipinski definition) is 0. The van der Waals surface area contributed by atoms with Crippen molar-refractivity contribution in [2.45, 2.75) is 26.4 Å². The Labute approximate surface area is 89.8 Å². The molecule has 0 unspecified atom stereocenters. The summed E-state index contributed by atoms with van der Waals surface area (Å²) in [5.74, 6) is -0.419. The van der Waals surface area contributed by atoms with E-state index in [1.165, 1.54) is 0 Å². The smallest absolute Gasteiger partial charge is 0.358 e. The van der Waals surface area contributed by atoms with Crippen molar-refractivity contribution in [3.8, 4) is 0 Å². The second-order valence-electron chi connectivity index (χ2n) is 4.15. The predicted octanol–water partition coefficient (Wildman–Crippen LogP) is 2.68. The van der Waals surface area contributed by atoms with E-state index in [9.17, 15) is 4.79 Å². The van der Waals surface area contributed by atoms with Crippen LogP contribution >= 0.6 is 0 Å². The maximum atomic E-state index is 11.7. The minimum absolute atomic E-state index is 0.308. The van der Waals surface area contributed by atoms with Crippen molar-refractivity contribution < 1.29 is 9.53 Å². The van der Waals surface area contributed by atoms with Gasteiger partial charge < -0.3 is 4.74 Å². The maximum absolute atomic E-state index is 11.7. The van der Waals surface area contributed by atoms with Gasteiger partial charge in [0.25, 0.3) is 0 Å². The number of carbonyl (C=O) groups is 1. The first-order chi connectivity index (χ1) is 6.94. The van der Waals surface area contributed by atoms with E-state index >= 15 is 0 Å². The normalized spacial score (nSPS) is 10.9.